The number of nitrogens with zero attached hydrogens (tertiary/aromatic N) is 1. The maximum Gasteiger partial charge on any atom is 0.260 e. The lowest BCUT2D eigenvalue weighted by molar-refractivity contribution is -0.110. The van der Waals surface area contributed by atoms with Crippen LogP contribution in [0.3, 0.4) is 0 Å². The van der Waals surface area contributed by atoms with E-state index in [0.29, 0.717) is 22.0 Å². The quantitative estimate of drug-likeness (QED) is 0.391. The van der Waals surface area contributed by atoms with E-state index in [1.807, 2.05) is 24.3 Å². The van der Waals surface area contributed by atoms with Crippen LogP contribution in [-0.2, 0) is 10.2 Å². The number of benzene rings is 2. The number of anilines is 1. The van der Waals surface area contributed by atoms with E-state index in [2.05, 4.69) is 10.5 Å². The largest absolute Gasteiger partial charge is 0.504 e. The van der Waals surface area contributed by atoms with E-state index in [1.54, 1.807) is 25.1 Å². The summed E-state index contributed by atoms with van der Waals surface area (Å²) in [7, 11) is 0. The van der Waals surface area contributed by atoms with Gasteiger partial charge in [-0.25, -0.2) is 0 Å². The molecule has 2 aliphatic rings. The summed E-state index contributed by atoms with van der Waals surface area (Å²) in [6, 6.07) is 13.1. The highest BCUT2D eigenvalue weighted by atomic mass is 35.5. The number of aliphatic hydroxyl groups excluding tert-OH is 2. The van der Waals surface area contributed by atoms with Gasteiger partial charge in [-0.2, -0.15) is 0 Å². The molecule has 6 nitrogen and oxygen atoms in total. The molecule has 3 N–H and O–H groups in total. The van der Waals surface area contributed by atoms with Crippen LogP contribution < -0.4 is 5.32 Å². The summed E-state index contributed by atoms with van der Waals surface area (Å²) in [5.74, 6) is -0.568. The standard InChI is InChI=1S/C24H21ClN2O4/c1-13-9-20(31-27-13)22(29)21-17-10-16(18(25)11-19(17)26-23(21)30)14-3-5-15(6-4-14)24(12-28)7-2-8-24/h3-6,9-11,28-29H,2,7-8,12H2,1H3,(H,26,30). The van der Waals surface area contributed by atoms with Gasteiger partial charge in [0.1, 0.15) is 0 Å². The zero-order chi connectivity index (χ0) is 21.8. The van der Waals surface area contributed by atoms with Gasteiger partial charge in [0.15, 0.2) is 5.76 Å². The SMILES string of the molecule is Cc1cc(C(O)=C2C(=O)Nc3cc(Cl)c(-c4ccc(C5(CO)CCC5)cc4)cc32)on1. The highest BCUT2D eigenvalue weighted by molar-refractivity contribution is 6.38. The van der Waals surface area contributed by atoms with Crippen molar-refractivity contribution in [1.82, 2.24) is 5.16 Å². The predicted molar refractivity (Wildman–Crippen MR) is 119 cm³/mol. The van der Waals surface area contributed by atoms with Crippen LogP contribution in [0.4, 0.5) is 5.69 Å². The molecule has 1 aliphatic carbocycles. The molecule has 0 atom stereocenters. The van der Waals surface area contributed by atoms with Crippen LogP contribution >= 0.6 is 11.6 Å². The first kappa shape index (κ1) is 19.8. The number of aryl methyl sites for hydroxylation is 1. The Hall–Kier alpha value is -3.09. The summed E-state index contributed by atoms with van der Waals surface area (Å²) in [6.45, 7) is 1.88. The van der Waals surface area contributed by atoms with Gasteiger partial charge < -0.3 is 20.1 Å². The highest BCUT2D eigenvalue weighted by Crippen LogP contribution is 2.45. The first-order valence-electron chi connectivity index (χ1n) is 10.2. The van der Waals surface area contributed by atoms with Gasteiger partial charge in [-0.3, -0.25) is 4.79 Å². The summed E-state index contributed by atoms with van der Waals surface area (Å²) >= 11 is 6.53. The number of aromatic nitrogens is 1. The highest BCUT2D eigenvalue weighted by Gasteiger charge is 2.38. The monoisotopic (exact) mass is 436 g/mol. The number of rotatable bonds is 4. The molecule has 1 aliphatic heterocycles. The third kappa shape index (κ3) is 3.14. The number of carbonyl (C=O) groups excluding carboxylic acids is 1. The van der Waals surface area contributed by atoms with Gasteiger partial charge in [-0.15, -0.1) is 0 Å². The van der Waals surface area contributed by atoms with E-state index < -0.39 is 5.91 Å². The molecule has 158 valence electrons. The van der Waals surface area contributed by atoms with Crippen molar-refractivity contribution < 1.29 is 19.5 Å². The fraction of sp³-hybridized carbons (Fsp3) is 0.250. The van der Waals surface area contributed by atoms with Crippen molar-refractivity contribution in [2.75, 3.05) is 11.9 Å². The number of amides is 1. The Morgan fingerprint density at radius 2 is 1.94 bits per heavy atom. The van der Waals surface area contributed by atoms with Crippen molar-refractivity contribution in [2.24, 2.45) is 0 Å². The number of carbonyl (C=O) groups is 1. The van der Waals surface area contributed by atoms with Crippen LogP contribution in [0, 0.1) is 6.92 Å². The van der Waals surface area contributed by atoms with Crippen molar-refractivity contribution >= 4 is 34.5 Å². The van der Waals surface area contributed by atoms with Crippen LogP contribution in [0.5, 0.6) is 0 Å². The van der Waals surface area contributed by atoms with Gasteiger partial charge in [-0.1, -0.05) is 47.4 Å². The summed E-state index contributed by atoms with van der Waals surface area (Å²) in [5, 5.41) is 27.5. The fourth-order valence-electron chi connectivity index (χ4n) is 4.39. The topological polar surface area (TPSA) is 95.6 Å². The van der Waals surface area contributed by atoms with E-state index in [9.17, 15) is 15.0 Å². The van der Waals surface area contributed by atoms with Crippen molar-refractivity contribution in [1.29, 1.82) is 0 Å². The van der Waals surface area contributed by atoms with E-state index in [-0.39, 0.29) is 29.1 Å². The zero-order valence-corrected chi connectivity index (χ0v) is 17.7. The molecular weight excluding hydrogens is 416 g/mol. The number of aliphatic hydroxyl groups is 2. The predicted octanol–water partition coefficient (Wildman–Crippen LogP) is 5.10. The molecule has 1 saturated carbocycles. The molecule has 2 aromatic carbocycles. The average molecular weight is 437 g/mol. The smallest absolute Gasteiger partial charge is 0.260 e. The molecule has 1 aromatic heterocycles. The Morgan fingerprint density at radius 3 is 2.52 bits per heavy atom. The Kier molecular flexibility index (Phi) is 4.64. The average Bonchev–Trinajstić information content (AvgIpc) is 3.29. The number of fused-ring (bicyclic) bond motifs is 1. The maximum absolute atomic E-state index is 12.6. The Morgan fingerprint density at radius 1 is 1.19 bits per heavy atom. The van der Waals surface area contributed by atoms with E-state index in [4.69, 9.17) is 16.1 Å². The minimum atomic E-state index is -0.431. The molecule has 1 amide bonds. The van der Waals surface area contributed by atoms with E-state index >= 15 is 0 Å². The first-order chi connectivity index (χ1) is 14.9. The molecule has 0 bridgehead atoms. The number of hydrogen-bond donors (Lipinski definition) is 3. The summed E-state index contributed by atoms with van der Waals surface area (Å²) in [4.78, 5) is 12.6. The van der Waals surface area contributed by atoms with Gasteiger partial charge in [-0.05, 0) is 43.0 Å². The lowest BCUT2D eigenvalue weighted by Gasteiger charge is -2.41. The van der Waals surface area contributed by atoms with Crippen LogP contribution in [0.25, 0.3) is 22.5 Å². The summed E-state index contributed by atoms with van der Waals surface area (Å²) < 4.78 is 5.13. The second-order valence-electron chi connectivity index (χ2n) is 8.26. The summed E-state index contributed by atoms with van der Waals surface area (Å²) in [5.41, 5.74) is 4.42. The third-order valence-corrected chi connectivity index (χ3v) is 6.68. The maximum atomic E-state index is 12.6. The van der Waals surface area contributed by atoms with Gasteiger partial charge >= 0.3 is 0 Å². The third-order valence-electron chi connectivity index (χ3n) is 6.37. The zero-order valence-electron chi connectivity index (χ0n) is 16.9. The molecule has 0 saturated heterocycles. The van der Waals surface area contributed by atoms with Gasteiger partial charge in [0, 0.05) is 22.6 Å². The Balaban J connectivity index is 1.57. The minimum Gasteiger partial charge on any atom is -0.504 e. The van der Waals surface area contributed by atoms with Crippen molar-refractivity contribution in [2.45, 2.75) is 31.6 Å². The van der Waals surface area contributed by atoms with Crippen LogP contribution in [-0.4, -0.2) is 27.9 Å². The van der Waals surface area contributed by atoms with Crippen LogP contribution in [0.2, 0.25) is 5.02 Å². The van der Waals surface area contributed by atoms with Crippen LogP contribution in [0.15, 0.2) is 47.0 Å². The van der Waals surface area contributed by atoms with Gasteiger partial charge in [0.25, 0.3) is 5.91 Å². The summed E-state index contributed by atoms with van der Waals surface area (Å²) in [6.07, 6.45) is 3.11. The number of hydrogen-bond acceptors (Lipinski definition) is 5. The Labute approximate surface area is 184 Å². The molecule has 1 fully saturated rings. The van der Waals surface area contributed by atoms with E-state index in [0.717, 1.165) is 36.0 Å². The second kappa shape index (κ2) is 7.25. The molecular formula is C24H21ClN2O4. The first-order valence-corrected chi connectivity index (χ1v) is 10.5. The van der Waals surface area contributed by atoms with Crippen LogP contribution in [0.1, 0.15) is 41.8 Å². The molecule has 2 heterocycles. The normalized spacial score (nSPS) is 18.4. The molecule has 3 aromatic rings. The molecule has 5 rings (SSSR count). The van der Waals surface area contributed by atoms with Gasteiger partial charge in [0.2, 0.25) is 5.76 Å². The number of nitrogens with one attached hydrogen (secondary N) is 1. The molecule has 0 radical (unpaired) electrons. The molecule has 7 heteroatoms. The Bertz CT molecular complexity index is 1220. The number of halogens is 1. The molecule has 31 heavy (non-hydrogen) atoms. The minimum absolute atomic E-state index is 0.120. The molecule has 0 unspecified atom stereocenters. The fourth-order valence-corrected chi connectivity index (χ4v) is 4.66. The van der Waals surface area contributed by atoms with Crippen molar-refractivity contribution in [3.05, 3.63) is 70.1 Å². The lowest BCUT2D eigenvalue weighted by Crippen LogP contribution is -2.37. The second-order valence-corrected chi connectivity index (χ2v) is 8.66. The lowest BCUT2D eigenvalue weighted by atomic mass is 9.65. The van der Waals surface area contributed by atoms with Crippen molar-refractivity contribution in [3.63, 3.8) is 0 Å². The molecule has 0 spiro atoms. The van der Waals surface area contributed by atoms with Gasteiger partial charge in [0.05, 0.1) is 28.6 Å². The van der Waals surface area contributed by atoms with E-state index in [1.165, 1.54) is 0 Å². The van der Waals surface area contributed by atoms with Crippen molar-refractivity contribution in [3.8, 4) is 11.1 Å².